The Bertz CT molecular complexity index is 974. The molecule has 0 spiro atoms. The fraction of sp³-hybridized carbons (Fsp3) is 0.316. The molecule has 0 bridgehead atoms. The van der Waals surface area contributed by atoms with E-state index in [1.54, 1.807) is 11.8 Å². The van der Waals surface area contributed by atoms with Gasteiger partial charge in [-0.05, 0) is 25.5 Å². The summed E-state index contributed by atoms with van der Waals surface area (Å²) in [5, 5.41) is 0. The molecule has 2 aromatic heterocycles. The maximum atomic E-state index is 12.7. The van der Waals surface area contributed by atoms with Crippen molar-refractivity contribution in [1.29, 1.82) is 0 Å². The van der Waals surface area contributed by atoms with Crippen molar-refractivity contribution in [3.63, 3.8) is 0 Å². The van der Waals surface area contributed by atoms with Crippen molar-refractivity contribution in [2.24, 2.45) is 0 Å². The van der Waals surface area contributed by atoms with Crippen LogP contribution in [-0.2, 0) is 0 Å². The summed E-state index contributed by atoms with van der Waals surface area (Å²) in [6.45, 7) is 4.11. The van der Waals surface area contributed by atoms with E-state index in [-0.39, 0.29) is 17.1 Å². The molecule has 1 aliphatic rings. The lowest BCUT2D eigenvalue weighted by atomic mass is 10.3. The third-order valence-electron chi connectivity index (χ3n) is 4.44. The molecule has 7 nitrogen and oxygen atoms in total. The second kappa shape index (κ2) is 6.67. The quantitative estimate of drug-likeness (QED) is 0.704. The number of benzene rings is 1. The minimum atomic E-state index is -0.259. The second-order valence-corrected chi connectivity index (χ2v) is 6.36. The molecule has 0 aliphatic carbocycles. The van der Waals surface area contributed by atoms with Crippen LogP contribution in [0.4, 0.5) is 6.01 Å². The van der Waals surface area contributed by atoms with Gasteiger partial charge in [0, 0.05) is 38.3 Å². The number of aryl methyl sites for hydroxylation is 1. The number of para-hydroxylation sites is 2. The van der Waals surface area contributed by atoms with Crippen LogP contribution in [0.15, 0.2) is 50.0 Å². The fourth-order valence-electron chi connectivity index (χ4n) is 3.17. The SMILES string of the molecule is Cc1cc(=O)cc(C(=O)N2CCCN(c3nc4ccccc4o3)CC2)o1. The topological polar surface area (TPSA) is 79.8 Å². The number of carbonyl (C=O) groups excluding carboxylic acids is 1. The number of rotatable bonds is 2. The van der Waals surface area contributed by atoms with Crippen molar-refractivity contribution in [2.45, 2.75) is 13.3 Å². The number of hydrogen-bond acceptors (Lipinski definition) is 6. The molecule has 0 unspecified atom stereocenters. The Labute approximate surface area is 149 Å². The maximum Gasteiger partial charge on any atom is 0.298 e. The van der Waals surface area contributed by atoms with Crippen molar-refractivity contribution in [2.75, 3.05) is 31.1 Å². The third kappa shape index (κ3) is 3.20. The Kier molecular flexibility index (Phi) is 4.20. The van der Waals surface area contributed by atoms with Gasteiger partial charge in [-0.3, -0.25) is 9.59 Å². The van der Waals surface area contributed by atoms with Crippen LogP contribution < -0.4 is 10.3 Å². The standard InChI is InChI=1S/C19H19N3O4/c1-13-11-14(23)12-17(25-13)18(24)21-7-4-8-22(10-9-21)19-20-15-5-2-3-6-16(15)26-19/h2-3,5-6,11-12H,4,7-10H2,1H3. The van der Waals surface area contributed by atoms with Gasteiger partial charge < -0.3 is 18.6 Å². The predicted molar refractivity (Wildman–Crippen MR) is 96.5 cm³/mol. The molecule has 4 rings (SSSR count). The second-order valence-electron chi connectivity index (χ2n) is 6.36. The van der Waals surface area contributed by atoms with Crippen molar-refractivity contribution in [3.8, 4) is 0 Å². The van der Waals surface area contributed by atoms with Crippen molar-refractivity contribution >= 4 is 23.0 Å². The summed E-state index contributed by atoms with van der Waals surface area (Å²) in [5.74, 6) is 0.263. The van der Waals surface area contributed by atoms with Crippen LogP contribution in [0.25, 0.3) is 11.1 Å². The number of fused-ring (bicyclic) bond motifs is 1. The van der Waals surface area contributed by atoms with E-state index in [1.165, 1.54) is 12.1 Å². The number of anilines is 1. The van der Waals surface area contributed by atoms with Gasteiger partial charge in [-0.25, -0.2) is 0 Å². The Balaban J connectivity index is 1.50. The van der Waals surface area contributed by atoms with Crippen LogP contribution in [-0.4, -0.2) is 42.0 Å². The zero-order valence-corrected chi connectivity index (χ0v) is 14.5. The van der Waals surface area contributed by atoms with Gasteiger partial charge in [0.1, 0.15) is 11.3 Å². The fourth-order valence-corrected chi connectivity index (χ4v) is 3.17. The van der Waals surface area contributed by atoms with E-state index in [1.807, 2.05) is 29.2 Å². The Morgan fingerprint density at radius 2 is 1.92 bits per heavy atom. The lowest BCUT2D eigenvalue weighted by molar-refractivity contribution is 0.0730. The highest BCUT2D eigenvalue weighted by molar-refractivity contribution is 5.91. The average Bonchev–Trinajstić information content (AvgIpc) is 2.90. The van der Waals surface area contributed by atoms with Gasteiger partial charge >= 0.3 is 0 Å². The lowest BCUT2D eigenvalue weighted by Crippen LogP contribution is -2.35. The van der Waals surface area contributed by atoms with Gasteiger partial charge in [-0.1, -0.05) is 12.1 Å². The van der Waals surface area contributed by atoms with E-state index < -0.39 is 0 Å². The molecule has 0 N–H and O–H groups in total. The maximum absolute atomic E-state index is 12.7. The highest BCUT2D eigenvalue weighted by Crippen LogP contribution is 2.22. The van der Waals surface area contributed by atoms with Crippen molar-refractivity contribution < 1.29 is 13.6 Å². The van der Waals surface area contributed by atoms with E-state index in [0.29, 0.717) is 31.4 Å². The van der Waals surface area contributed by atoms with Gasteiger partial charge in [0.25, 0.3) is 11.9 Å². The highest BCUT2D eigenvalue weighted by Gasteiger charge is 2.24. The van der Waals surface area contributed by atoms with E-state index >= 15 is 0 Å². The zero-order chi connectivity index (χ0) is 18.1. The normalized spacial score (nSPS) is 15.3. The predicted octanol–water partition coefficient (Wildman–Crippen LogP) is 2.44. The monoisotopic (exact) mass is 353 g/mol. The minimum Gasteiger partial charge on any atom is -0.456 e. The van der Waals surface area contributed by atoms with Crippen LogP contribution >= 0.6 is 0 Å². The highest BCUT2D eigenvalue weighted by atomic mass is 16.4. The Hall–Kier alpha value is -3.09. The molecule has 0 saturated carbocycles. The Morgan fingerprint density at radius 1 is 1.08 bits per heavy atom. The summed E-state index contributed by atoms with van der Waals surface area (Å²) < 4.78 is 11.3. The first-order chi connectivity index (χ1) is 12.6. The summed E-state index contributed by atoms with van der Waals surface area (Å²) in [5.41, 5.74) is 1.35. The van der Waals surface area contributed by atoms with Gasteiger partial charge in [0.15, 0.2) is 16.8 Å². The van der Waals surface area contributed by atoms with E-state index in [9.17, 15) is 9.59 Å². The van der Waals surface area contributed by atoms with Gasteiger partial charge in [-0.15, -0.1) is 0 Å². The number of aromatic nitrogens is 1. The molecule has 3 heterocycles. The molecule has 1 saturated heterocycles. The number of hydrogen-bond donors (Lipinski definition) is 0. The molecule has 26 heavy (non-hydrogen) atoms. The lowest BCUT2D eigenvalue weighted by Gasteiger charge is -2.20. The molecule has 3 aromatic rings. The molecule has 7 heteroatoms. The van der Waals surface area contributed by atoms with Crippen LogP contribution in [0.3, 0.4) is 0 Å². The van der Waals surface area contributed by atoms with Gasteiger partial charge in [0.05, 0.1) is 0 Å². The Morgan fingerprint density at radius 3 is 2.73 bits per heavy atom. The van der Waals surface area contributed by atoms with Gasteiger partial charge in [0.2, 0.25) is 0 Å². The van der Waals surface area contributed by atoms with E-state index in [4.69, 9.17) is 8.83 Å². The first-order valence-corrected chi connectivity index (χ1v) is 8.62. The van der Waals surface area contributed by atoms with Crippen molar-refractivity contribution in [3.05, 3.63) is 58.1 Å². The number of carbonyl (C=O) groups is 1. The number of amides is 1. The molecule has 0 radical (unpaired) electrons. The van der Waals surface area contributed by atoms with Gasteiger partial charge in [-0.2, -0.15) is 4.98 Å². The molecule has 1 fully saturated rings. The molecular formula is C19H19N3O4. The smallest absolute Gasteiger partial charge is 0.298 e. The van der Waals surface area contributed by atoms with Crippen LogP contribution in [0.5, 0.6) is 0 Å². The summed E-state index contributed by atoms with van der Waals surface area (Å²) in [6, 6.07) is 10.8. The molecule has 134 valence electrons. The number of oxazole rings is 1. The molecule has 1 aromatic carbocycles. The average molecular weight is 353 g/mol. The number of nitrogens with zero attached hydrogens (tertiary/aromatic N) is 3. The first-order valence-electron chi connectivity index (χ1n) is 8.62. The first kappa shape index (κ1) is 16.4. The van der Waals surface area contributed by atoms with E-state index in [2.05, 4.69) is 4.98 Å². The largest absolute Gasteiger partial charge is 0.456 e. The van der Waals surface area contributed by atoms with E-state index in [0.717, 1.165) is 24.1 Å². The van der Waals surface area contributed by atoms with Crippen molar-refractivity contribution in [1.82, 2.24) is 9.88 Å². The summed E-state index contributed by atoms with van der Waals surface area (Å²) in [7, 11) is 0. The van der Waals surface area contributed by atoms with Crippen LogP contribution in [0.1, 0.15) is 22.7 Å². The minimum absolute atomic E-state index is 0.0883. The summed E-state index contributed by atoms with van der Waals surface area (Å²) in [6.07, 6.45) is 0.778. The van der Waals surface area contributed by atoms with Crippen LogP contribution in [0.2, 0.25) is 0 Å². The van der Waals surface area contributed by atoms with Crippen LogP contribution in [0, 0.1) is 6.92 Å². The molecule has 1 amide bonds. The molecule has 0 atom stereocenters. The summed E-state index contributed by atoms with van der Waals surface area (Å²) >= 11 is 0. The third-order valence-corrected chi connectivity index (χ3v) is 4.44. The molecular weight excluding hydrogens is 334 g/mol. The summed E-state index contributed by atoms with van der Waals surface area (Å²) in [4.78, 5) is 32.6. The zero-order valence-electron chi connectivity index (χ0n) is 14.5. The molecule has 1 aliphatic heterocycles.